The van der Waals surface area contributed by atoms with Crippen LogP contribution in [-0.2, 0) is 26.1 Å². The average Bonchev–Trinajstić information content (AvgIpc) is 2.83. The summed E-state index contributed by atoms with van der Waals surface area (Å²) < 4.78 is 5.42. The quantitative estimate of drug-likeness (QED) is 0.909. The molecule has 19 heavy (non-hydrogen) atoms. The third kappa shape index (κ3) is 2.69. The van der Waals surface area contributed by atoms with Crippen LogP contribution in [0.5, 0.6) is 0 Å². The van der Waals surface area contributed by atoms with Crippen molar-refractivity contribution in [3.05, 3.63) is 52.9 Å². The summed E-state index contributed by atoms with van der Waals surface area (Å²) >= 11 is 0. The van der Waals surface area contributed by atoms with Gasteiger partial charge in [0.15, 0.2) is 0 Å². The Morgan fingerprint density at radius 2 is 2.16 bits per heavy atom. The van der Waals surface area contributed by atoms with Gasteiger partial charge in [0, 0.05) is 38.2 Å². The Morgan fingerprint density at radius 3 is 2.95 bits per heavy atom. The van der Waals surface area contributed by atoms with Crippen molar-refractivity contribution in [2.45, 2.75) is 26.1 Å². The molecule has 1 aliphatic rings. The molecule has 1 aliphatic heterocycles. The highest BCUT2D eigenvalue weighted by molar-refractivity contribution is 5.26. The van der Waals surface area contributed by atoms with E-state index in [9.17, 15) is 0 Å². The van der Waals surface area contributed by atoms with Gasteiger partial charge in [-0.15, -0.1) is 0 Å². The molecule has 1 aromatic carbocycles. The Morgan fingerprint density at radius 1 is 1.32 bits per heavy atom. The van der Waals surface area contributed by atoms with Crippen LogP contribution >= 0.6 is 0 Å². The van der Waals surface area contributed by atoms with E-state index in [0.717, 1.165) is 44.1 Å². The number of hydrogen-bond donors (Lipinski definition) is 1. The van der Waals surface area contributed by atoms with Crippen LogP contribution in [0.15, 0.2) is 34.9 Å². The van der Waals surface area contributed by atoms with Crippen LogP contribution in [0.4, 0.5) is 0 Å². The maximum atomic E-state index is 5.42. The largest absolute Gasteiger partial charge is 0.361 e. The number of benzene rings is 1. The van der Waals surface area contributed by atoms with Gasteiger partial charge in [0.25, 0.3) is 0 Å². The first-order chi connectivity index (χ1) is 9.36. The third-order valence-corrected chi connectivity index (χ3v) is 3.58. The van der Waals surface area contributed by atoms with E-state index in [4.69, 9.17) is 4.52 Å². The maximum absolute atomic E-state index is 5.42. The lowest BCUT2D eigenvalue weighted by atomic mass is 10.0. The molecule has 0 unspecified atom stereocenters. The highest BCUT2D eigenvalue weighted by Crippen LogP contribution is 2.23. The molecular formula is C15H19N3O. The number of hydrogen-bond acceptors (Lipinski definition) is 4. The van der Waals surface area contributed by atoms with E-state index < -0.39 is 0 Å². The molecule has 2 heterocycles. The molecule has 0 aliphatic carbocycles. The number of nitrogens with zero attached hydrogens (tertiary/aromatic N) is 2. The summed E-state index contributed by atoms with van der Waals surface area (Å²) in [7, 11) is 1.94. The SMILES string of the molecule is CNCc1noc2c1CN(Cc1ccccc1)CC2. The highest BCUT2D eigenvalue weighted by Gasteiger charge is 2.23. The molecule has 2 aromatic rings. The minimum Gasteiger partial charge on any atom is -0.361 e. The zero-order valence-electron chi connectivity index (χ0n) is 11.2. The molecule has 0 fully saturated rings. The zero-order chi connectivity index (χ0) is 13.1. The first kappa shape index (κ1) is 12.4. The van der Waals surface area contributed by atoms with Crippen LogP contribution in [0.2, 0.25) is 0 Å². The second-order valence-corrected chi connectivity index (χ2v) is 5.01. The van der Waals surface area contributed by atoms with Crippen LogP contribution in [0, 0.1) is 0 Å². The van der Waals surface area contributed by atoms with E-state index in [0.29, 0.717) is 0 Å². The number of aromatic nitrogens is 1. The molecule has 0 saturated carbocycles. The van der Waals surface area contributed by atoms with E-state index >= 15 is 0 Å². The van der Waals surface area contributed by atoms with E-state index in [1.54, 1.807) is 0 Å². The van der Waals surface area contributed by atoms with E-state index in [1.807, 2.05) is 7.05 Å². The zero-order valence-corrected chi connectivity index (χ0v) is 11.2. The summed E-state index contributed by atoms with van der Waals surface area (Å²) in [5.41, 5.74) is 3.68. The average molecular weight is 257 g/mol. The summed E-state index contributed by atoms with van der Waals surface area (Å²) in [6.45, 7) is 3.74. The van der Waals surface area contributed by atoms with Crippen molar-refractivity contribution in [3.8, 4) is 0 Å². The Labute approximate surface area is 113 Å². The van der Waals surface area contributed by atoms with E-state index in [2.05, 4.69) is 45.7 Å². The lowest BCUT2D eigenvalue weighted by Crippen LogP contribution is -2.30. The molecule has 0 amide bonds. The normalized spacial score (nSPS) is 15.4. The van der Waals surface area contributed by atoms with Gasteiger partial charge in [0.2, 0.25) is 0 Å². The van der Waals surface area contributed by atoms with Crippen molar-refractivity contribution in [3.63, 3.8) is 0 Å². The summed E-state index contributed by atoms with van der Waals surface area (Å²) in [5.74, 6) is 1.06. The van der Waals surface area contributed by atoms with Crippen molar-refractivity contribution in [2.75, 3.05) is 13.6 Å². The second kappa shape index (κ2) is 5.55. The van der Waals surface area contributed by atoms with E-state index in [-0.39, 0.29) is 0 Å². The van der Waals surface area contributed by atoms with Gasteiger partial charge in [-0.25, -0.2) is 0 Å². The number of nitrogens with one attached hydrogen (secondary N) is 1. The smallest absolute Gasteiger partial charge is 0.142 e. The second-order valence-electron chi connectivity index (χ2n) is 5.01. The maximum Gasteiger partial charge on any atom is 0.142 e. The van der Waals surface area contributed by atoms with Crippen molar-refractivity contribution in [1.82, 2.24) is 15.4 Å². The Kier molecular flexibility index (Phi) is 3.62. The minimum atomic E-state index is 0.776. The summed E-state index contributed by atoms with van der Waals surface area (Å²) in [6, 6.07) is 10.6. The Balaban J connectivity index is 1.72. The topological polar surface area (TPSA) is 41.3 Å². The molecule has 100 valence electrons. The van der Waals surface area contributed by atoms with E-state index in [1.165, 1.54) is 11.1 Å². The summed E-state index contributed by atoms with van der Waals surface area (Å²) in [6.07, 6.45) is 0.957. The lowest BCUT2D eigenvalue weighted by Gasteiger charge is -2.26. The molecule has 0 saturated heterocycles. The van der Waals surface area contributed by atoms with Crippen molar-refractivity contribution in [2.24, 2.45) is 0 Å². The third-order valence-electron chi connectivity index (χ3n) is 3.58. The fourth-order valence-electron chi connectivity index (χ4n) is 2.60. The fraction of sp³-hybridized carbons (Fsp3) is 0.400. The molecule has 4 nitrogen and oxygen atoms in total. The first-order valence-electron chi connectivity index (χ1n) is 6.74. The van der Waals surface area contributed by atoms with Gasteiger partial charge < -0.3 is 9.84 Å². The fourth-order valence-corrected chi connectivity index (χ4v) is 2.60. The van der Waals surface area contributed by atoms with Gasteiger partial charge >= 0.3 is 0 Å². The van der Waals surface area contributed by atoms with Crippen LogP contribution in [-0.4, -0.2) is 23.6 Å². The molecule has 1 aromatic heterocycles. The Bertz CT molecular complexity index is 536. The molecular weight excluding hydrogens is 238 g/mol. The number of fused-ring (bicyclic) bond motifs is 1. The summed E-state index contributed by atoms with van der Waals surface area (Å²) in [4.78, 5) is 2.45. The first-order valence-corrected chi connectivity index (χ1v) is 6.74. The van der Waals surface area contributed by atoms with Gasteiger partial charge in [-0.2, -0.15) is 0 Å². The molecule has 0 radical (unpaired) electrons. The summed E-state index contributed by atoms with van der Waals surface area (Å²) in [5, 5.41) is 7.31. The molecule has 0 bridgehead atoms. The standard InChI is InChI=1S/C15H19N3O/c1-16-9-14-13-11-18(8-7-15(13)19-17-14)10-12-5-3-2-4-6-12/h2-6,16H,7-11H2,1H3. The van der Waals surface area contributed by atoms with Crippen molar-refractivity contribution >= 4 is 0 Å². The molecule has 1 N–H and O–H groups in total. The van der Waals surface area contributed by atoms with Crippen molar-refractivity contribution < 1.29 is 4.52 Å². The molecule has 0 spiro atoms. The molecule has 4 heteroatoms. The van der Waals surface area contributed by atoms with Gasteiger partial charge in [-0.1, -0.05) is 35.5 Å². The molecule has 0 atom stereocenters. The predicted octanol–water partition coefficient (Wildman–Crippen LogP) is 1.95. The van der Waals surface area contributed by atoms with Crippen LogP contribution in [0.1, 0.15) is 22.6 Å². The monoisotopic (exact) mass is 257 g/mol. The molecule has 3 rings (SSSR count). The van der Waals surface area contributed by atoms with Crippen LogP contribution < -0.4 is 5.32 Å². The predicted molar refractivity (Wildman–Crippen MR) is 73.5 cm³/mol. The van der Waals surface area contributed by atoms with Gasteiger partial charge in [0.05, 0.1) is 0 Å². The number of rotatable bonds is 4. The van der Waals surface area contributed by atoms with Crippen molar-refractivity contribution in [1.29, 1.82) is 0 Å². The van der Waals surface area contributed by atoms with Gasteiger partial charge in [-0.05, 0) is 12.6 Å². The van der Waals surface area contributed by atoms with Crippen LogP contribution in [0.3, 0.4) is 0 Å². The highest BCUT2D eigenvalue weighted by atomic mass is 16.5. The lowest BCUT2D eigenvalue weighted by molar-refractivity contribution is 0.228. The minimum absolute atomic E-state index is 0.776. The van der Waals surface area contributed by atoms with Gasteiger partial charge in [-0.3, -0.25) is 4.90 Å². The Hall–Kier alpha value is -1.65. The van der Waals surface area contributed by atoms with Crippen LogP contribution in [0.25, 0.3) is 0 Å². The van der Waals surface area contributed by atoms with Gasteiger partial charge in [0.1, 0.15) is 11.5 Å².